The molecular weight excluding hydrogens is 426 g/mol. The molecule has 0 saturated heterocycles. The van der Waals surface area contributed by atoms with E-state index in [9.17, 15) is 10.5 Å². The molecule has 35 heavy (non-hydrogen) atoms. The van der Waals surface area contributed by atoms with Gasteiger partial charge in [-0.3, -0.25) is 0 Å². The summed E-state index contributed by atoms with van der Waals surface area (Å²) in [5.41, 5.74) is 2.38. The highest BCUT2D eigenvalue weighted by atomic mass is 14.9. The molecule has 3 heteroatoms. The molecule has 0 aliphatic heterocycles. The van der Waals surface area contributed by atoms with E-state index >= 15 is 0 Å². The zero-order valence-electron chi connectivity index (χ0n) is 22.1. The largest absolute Gasteiger partial charge is 0.212 e. The van der Waals surface area contributed by atoms with Crippen molar-refractivity contribution in [1.82, 2.24) is 0 Å². The first-order valence-electron chi connectivity index (χ1n) is 14.2. The number of aromatic nitrogens is 1. The van der Waals surface area contributed by atoms with Gasteiger partial charge >= 0.3 is 0 Å². The molecule has 188 valence electrons. The molecule has 0 bridgehead atoms. The lowest BCUT2D eigenvalue weighted by atomic mass is 10.0. The number of nitrogens with zero attached hydrogens (tertiary/aromatic N) is 3. The summed E-state index contributed by atoms with van der Waals surface area (Å²) in [6, 6.07) is 16.7. The monoisotopic (exact) mass is 472 g/mol. The molecule has 1 aromatic carbocycles. The molecule has 0 saturated carbocycles. The quantitative estimate of drug-likeness (QED) is 0.116. The van der Waals surface area contributed by atoms with Gasteiger partial charge < -0.3 is 0 Å². The summed E-state index contributed by atoms with van der Waals surface area (Å²) in [5.74, 6) is 0. The van der Waals surface area contributed by atoms with Crippen LogP contribution in [0.15, 0.2) is 53.7 Å². The van der Waals surface area contributed by atoms with Gasteiger partial charge in [0.05, 0.1) is 0 Å². The second-order valence-corrected chi connectivity index (χ2v) is 9.95. The lowest BCUT2D eigenvalue weighted by Crippen LogP contribution is -2.35. The van der Waals surface area contributed by atoms with Crippen molar-refractivity contribution in [2.24, 2.45) is 0 Å². The zero-order valence-corrected chi connectivity index (χ0v) is 22.1. The van der Waals surface area contributed by atoms with Gasteiger partial charge in [-0.1, -0.05) is 115 Å². The number of hydrogen-bond acceptors (Lipinski definition) is 2. The fraction of sp³-hybridized carbons (Fsp3) is 0.594. The number of nitriles is 2. The van der Waals surface area contributed by atoms with E-state index in [0.29, 0.717) is 6.54 Å². The van der Waals surface area contributed by atoms with Gasteiger partial charge in [0.2, 0.25) is 5.52 Å². The highest BCUT2D eigenvalue weighted by Gasteiger charge is 2.15. The van der Waals surface area contributed by atoms with E-state index in [2.05, 4.69) is 41.8 Å². The third-order valence-corrected chi connectivity index (χ3v) is 7.06. The first-order valence-corrected chi connectivity index (χ1v) is 14.2. The van der Waals surface area contributed by atoms with E-state index in [-0.39, 0.29) is 5.57 Å². The molecular formula is C32H46N3+. The smallest absolute Gasteiger partial charge is 0.194 e. The van der Waals surface area contributed by atoms with Crippen LogP contribution < -0.4 is 4.57 Å². The highest BCUT2D eigenvalue weighted by molar-refractivity contribution is 5.74. The van der Waals surface area contributed by atoms with Crippen molar-refractivity contribution >= 4 is 10.9 Å². The van der Waals surface area contributed by atoms with Crippen molar-refractivity contribution in [3.63, 3.8) is 0 Å². The minimum Gasteiger partial charge on any atom is -0.194 e. The minimum atomic E-state index is 0.284. The summed E-state index contributed by atoms with van der Waals surface area (Å²) < 4.78 is 2.16. The van der Waals surface area contributed by atoms with E-state index in [0.717, 1.165) is 23.9 Å². The number of rotatable bonds is 19. The van der Waals surface area contributed by atoms with Gasteiger partial charge in [-0.15, -0.1) is 0 Å². The molecule has 0 amide bonds. The number of benzene rings is 1. The van der Waals surface area contributed by atoms with Crippen molar-refractivity contribution in [3.8, 4) is 12.1 Å². The Morgan fingerprint density at radius 2 is 1.14 bits per heavy atom. The Kier molecular flexibility index (Phi) is 15.2. The molecule has 0 aliphatic carbocycles. The van der Waals surface area contributed by atoms with Crippen LogP contribution in [-0.4, -0.2) is 0 Å². The molecule has 2 rings (SSSR count). The Bertz CT molecular complexity index is 939. The maximum Gasteiger partial charge on any atom is 0.212 e. The van der Waals surface area contributed by atoms with E-state index < -0.39 is 0 Å². The lowest BCUT2D eigenvalue weighted by molar-refractivity contribution is -0.663. The maximum atomic E-state index is 9.48. The highest BCUT2D eigenvalue weighted by Crippen LogP contribution is 2.18. The van der Waals surface area contributed by atoms with Crippen LogP contribution in [0.25, 0.3) is 10.9 Å². The molecule has 0 fully saturated rings. The van der Waals surface area contributed by atoms with E-state index in [1.165, 1.54) is 102 Å². The summed E-state index contributed by atoms with van der Waals surface area (Å²) in [4.78, 5) is 0. The predicted molar refractivity (Wildman–Crippen MR) is 147 cm³/mol. The standard InChI is InChI=1S/C32H46N3/c1-2-3-4-5-6-7-8-9-10-11-12-13-14-15-16-17-22-30(31(26-33)27-34)28-35-25-20-23-29-21-18-19-24-32(29)35/h18-21,23-25H,2-17,22,28H2,1H3/q+1. The Labute approximate surface area is 214 Å². The third kappa shape index (κ3) is 11.6. The fourth-order valence-corrected chi connectivity index (χ4v) is 4.92. The molecule has 0 spiro atoms. The van der Waals surface area contributed by atoms with Crippen molar-refractivity contribution in [2.75, 3.05) is 0 Å². The number of unbranched alkanes of at least 4 members (excludes halogenated alkanes) is 15. The first kappa shape index (κ1) is 28.6. The number of fused-ring (bicyclic) bond motifs is 1. The van der Waals surface area contributed by atoms with Crippen LogP contribution in [0.1, 0.15) is 116 Å². The summed E-state index contributed by atoms with van der Waals surface area (Å²) in [6.07, 6.45) is 24.4. The first-order chi connectivity index (χ1) is 17.3. The number of hydrogen-bond donors (Lipinski definition) is 0. The summed E-state index contributed by atoms with van der Waals surface area (Å²) >= 11 is 0. The third-order valence-electron chi connectivity index (χ3n) is 7.06. The Morgan fingerprint density at radius 1 is 0.657 bits per heavy atom. The second kappa shape index (κ2) is 18.6. The molecule has 0 unspecified atom stereocenters. The summed E-state index contributed by atoms with van der Waals surface area (Å²) in [7, 11) is 0. The topological polar surface area (TPSA) is 51.5 Å². The van der Waals surface area contributed by atoms with Crippen LogP contribution >= 0.6 is 0 Å². The average Bonchev–Trinajstić information content (AvgIpc) is 2.89. The van der Waals surface area contributed by atoms with Crippen LogP contribution in [0.4, 0.5) is 0 Å². The van der Waals surface area contributed by atoms with Crippen LogP contribution in [0.5, 0.6) is 0 Å². The molecule has 0 aliphatic rings. The van der Waals surface area contributed by atoms with Gasteiger partial charge in [0.15, 0.2) is 12.7 Å². The Balaban J connectivity index is 1.60. The fourth-order valence-electron chi connectivity index (χ4n) is 4.92. The van der Waals surface area contributed by atoms with Crippen LogP contribution in [-0.2, 0) is 6.54 Å². The van der Waals surface area contributed by atoms with Crippen molar-refractivity contribution in [3.05, 3.63) is 53.7 Å². The van der Waals surface area contributed by atoms with Crippen LogP contribution in [0.3, 0.4) is 0 Å². The predicted octanol–water partition coefficient (Wildman–Crippen LogP) is 9.12. The van der Waals surface area contributed by atoms with Gasteiger partial charge in [-0.05, 0) is 25.0 Å². The number of allylic oxidation sites excluding steroid dienone is 2. The molecule has 2 aromatic rings. The summed E-state index contributed by atoms with van der Waals surface area (Å²) in [6.45, 7) is 2.89. The SMILES string of the molecule is CCCCCCCCCCCCCCCCCCC(C[n+]1cccc2ccccc21)=C(C#N)C#N. The van der Waals surface area contributed by atoms with Gasteiger partial charge in [0.1, 0.15) is 17.7 Å². The van der Waals surface area contributed by atoms with Crippen LogP contribution in [0.2, 0.25) is 0 Å². The molecule has 0 atom stereocenters. The van der Waals surface area contributed by atoms with Gasteiger partial charge in [-0.25, -0.2) is 0 Å². The molecule has 1 aromatic heterocycles. The maximum absolute atomic E-state index is 9.48. The van der Waals surface area contributed by atoms with Crippen molar-refractivity contribution in [2.45, 2.75) is 123 Å². The number of para-hydroxylation sites is 1. The average molecular weight is 473 g/mol. The zero-order chi connectivity index (χ0) is 25.0. The van der Waals surface area contributed by atoms with E-state index in [4.69, 9.17) is 0 Å². The molecule has 0 radical (unpaired) electrons. The Hall–Kier alpha value is -2.65. The van der Waals surface area contributed by atoms with Gasteiger partial charge in [0, 0.05) is 23.1 Å². The normalized spacial score (nSPS) is 10.7. The van der Waals surface area contributed by atoms with Crippen molar-refractivity contribution < 1.29 is 4.57 Å². The lowest BCUT2D eigenvalue weighted by Gasteiger charge is -2.07. The van der Waals surface area contributed by atoms with Gasteiger partial charge in [0.25, 0.3) is 0 Å². The molecule has 1 heterocycles. The second-order valence-electron chi connectivity index (χ2n) is 9.95. The minimum absolute atomic E-state index is 0.284. The Morgan fingerprint density at radius 3 is 1.69 bits per heavy atom. The van der Waals surface area contributed by atoms with Crippen molar-refractivity contribution in [1.29, 1.82) is 10.5 Å². The van der Waals surface area contributed by atoms with Crippen LogP contribution in [0, 0.1) is 22.7 Å². The van der Waals surface area contributed by atoms with Gasteiger partial charge in [-0.2, -0.15) is 15.1 Å². The molecule has 3 nitrogen and oxygen atoms in total. The summed E-state index contributed by atoms with van der Waals surface area (Å²) in [5, 5.41) is 20.1. The molecule has 0 N–H and O–H groups in total. The number of pyridine rings is 1. The van der Waals surface area contributed by atoms with E-state index in [1.807, 2.05) is 24.4 Å². The van der Waals surface area contributed by atoms with E-state index in [1.54, 1.807) is 0 Å².